The Kier molecular flexibility index (Phi) is 6.08. The topological polar surface area (TPSA) is 35.5 Å². The molecule has 0 atom stereocenters. The highest BCUT2D eigenvalue weighted by atomic mass is 79.9. The summed E-state index contributed by atoms with van der Waals surface area (Å²) in [6.45, 7) is 2.71. The molecule has 4 heteroatoms. The summed E-state index contributed by atoms with van der Waals surface area (Å²) < 4.78 is 11.8. The lowest BCUT2D eigenvalue weighted by atomic mass is 10.1. The Labute approximate surface area is 161 Å². The molecule has 0 aliphatic heterocycles. The first kappa shape index (κ1) is 18.2. The van der Waals surface area contributed by atoms with Gasteiger partial charge in [-0.15, -0.1) is 0 Å². The van der Waals surface area contributed by atoms with E-state index >= 15 is 0 Å². The molecule has 0 aliphatic rings. The first-order valence-corrected chi connectivity index (χ1v) is 9.26. The molecule has 0 aromatic heterocycles. The zero-order valence-electron chi connectivity index (χ0n) is 14.4. The Hall–Kier alpha value is -2.59. The Morgan fingerprint density at radius 3 is 2.31 bits per heavy atom. The van der Waals surface area contributed by atoms with Crippen LogP contribution in [-0.4, -0.2) is 12.6 Å². The minimum absolute atomic E-state index is 0.403. The molecular formula is C22H19BrO3. The third kappa shape index (κ3) is 4.52. The van der Waals surface area contributed by atoms with Crippen LogP contribution in [0.15, 0.2) is 77.3 Å². The molecular weight excluding hydrogens is 392 g/mol. The van der Waals surface area contributed by atoms with Crippen molar-refractivity contribution in [3.63, 3.8) is 0 Å². The molecule has 0 unspecified atom stereocenters. The average Bonchev–Trinajstić information content (AvgIpc) is 2.69. The standard InChI is InChI=1S/C22H19BrO3/c1-2-14-25-19-11-8-17(9-12-19)22(24)26-21-13-10-18(15-20(21)23)16-6-4-3-5-7-16/h3-13,15H,2,14H2,1H3. The first-order valence-electron chi connectivity index (χ1n) is 8.47. The van der Waals surface area contributed by atoms with Gasteiger partial charge in [0.2, 0.25) is 0 Å². The van der Waals surface area contributed by atoms with Crippen molar-refractivity contribution in [3.8, 4) is 22.6 Å². The average molecular weight is 411 g/mol. The van der Waals surface area contributed by atoms with Gasteiger partial charge in [0.05, 0.1) is 16.6 Å². The molecule has 0 saturated heterocycles. The molecule has 0 fully saturated rings. The summed E-state index contributed by atoms with van der Waals surface area (Å²) in [6, 6.07) is 22.7. The molecule has 0 spiro atoms. The van der Waals surface area contributed by atoms with Crippen LogP contribution in [0.2, 0.25) is 0 Å². The van der Waals surface area contributed by atoms with E-state index in [4.69, 9.17) is 9.47 Å². The molecule has 0 amide bonds. The number of hydrogen-bond donors (Lipinski definition) is 0. The zero-order chi connectivity index (χ0) is 18.4. The molecule has 132 valence electrons. The van der Waals surface area contributed by atoms with Crippen LogP contribution in [0.25, 0.3) is 11.1 Å². The van der Waals surface area contributed by atoms with E-state index in [1.165, 1.54) is 0 Å². The van der Waals surface area contributed by atoms with Gasteiger partial charge in [0.15, 0.2) is 0 Å². The highest BCUT2D eigenvalue weighted by Gasteiger charge is 2.12. The van der Waals surface area contributed by atoms with E-state index in [0.29, 0.717) is 17.9 Å². The smallest absolute Gasteiger partial charge is 0.343 e. The maximum absolute atomic E-state index is 12.4. The van der Waals surface area contributed by atoms with E-state index in [2.05, 4.69) is 15.9 Å². The number of ether oxygens (including phenoxy) is 2. The Morgan fingerprint density at radius 1 is 0.923 bits per heavy atom. The summed E-state index contributed by atoms with van der Waals surface area (Å²) in [7, 11) is 0. The number of carbonyl (C=O) groups is 1. The van der Waals surface area contributed by atoms with Crippen LogP contribution in [0.5, 0.6) is 11.5 Å². The van der Waals surface area contributed by atoms with E-state index in [-0.39, 0.29) is 0 Å². The lowest BCUT2D eigenvalue weighted by molar-refractivity contribution is 0.0733. The second-order valence-corrected chi connectivity index (χ2v) is 6.63. The van der Waals surface area contributed by atoms with Gasteiger partial charge in [-0.05, 0) is 69.9 Å². The number of hydrogen-bond acceptors (Lipinski definition) is 3. The number of rotatable bonds is 6. The molecule has 0 bridgehead atoms. The van der Waals surface area contributed by atoms with Crippen LogP contribution in [0.3, 0.4) is 0 Å². The normalized spacial score (nSPS) is 10.4. The van der Waals surface area contributed by atoms with Gasteiger partial charge >= 0.3 is 5.97 Å². The minimum Gasteiger partial charge on any atom is -0.494 e. The van der Waals surface area contributed by atoms with Crippen molar-refractivity contribution in [2.45, 2.75) is 13.3 Å². The molecule has 3 rings (SSSR count). The fourth-order valence-corrected chi connectivity index (χ4v) is 2.92. The minimum atomic E-state index is -0.403. The highest BCUT2D eigenvalue weighted by Crippen LogP contribution is 2.31. The molecule has 0 N–H and O–H groups in total. The lowest BCUT2D eigenvalue weighted by Gasteiger charge is -2.09. The number of halogens is 1. The third-order valence-electron chi connectivity index (χ3n) is 3.80. The van der Waals surface area contributed by atoms with Crippen LogP contribution < -0.4 is 9.47 Å². The van der Waals surface area contributed by atoms with Gasteiger partial charge in [-0.3, -0.25) is 0 Å². The van der Waals surface area contributed by atoms with E-state index < -0.39 is 5.97 Å². The SMILES string of the molecule is CCCOc1ccc(C(=O)Oc2ccc(-c3ccccc3)cc2Br)cc1. The Morgan fingerprint density at radius 2 is 1.65 bits per heavy atom. The van der Waals surface area contributed by atoms with Crippen LogP contribution in [-0.2, 0) is 0 Å². The van der Waals surface area contributed by atoms with Crippen molar-refractivity contribution in [2.75, 3.05) is 6.61 Å². The fraction of sp³-hybridized carbons (Fsp3) is 0.136. The van der Waals surface area contributed by atoms with Gasteiger partial charge in [0, 0.05) is 0 Å². The highest BCUT2D eigenvalue weighted by molar-refractivity contribution is 9.10. The summed E-state index contributed by atoms with van der Waals surface area (Å²) in [5, 5.41) is 0. The lowest BCUT2D eigenvalue weighted by Crippen LogP contribution is -2.08. The van der Waals surface area contributed by atoms with Crippen LogP contribution >= 0.6 is 15.9 Å². The predicted molar refractivity (Wildman–Crippen MR) is 107 cm³/mol. The van der Waals surface area contributed by atoms with E-state index in [1.54, 1.807) is 30.3 Å². The molecule has 26 heavy (non-hydrogen) atoms. The molecule has 3 aromatic carbocycles. The fourth-order valence-electron chi connectivity index (χ4n) is 2.46. The quantitative estimate of drug-likeness (QED) is 0.362. The van der Waals surface area contributed by atoms with Gasteiger partial charge in [-0.2, -0.15) is 0 Å². The third-order valence-corrected chi connectivity index (χ3v) is 4.42. The van der Waals surface area contributed by atoms with Gasteiger partial charge in [0.1, 0.15) is 11.5 Å². The predicted octanol–water partition coefficient (Wildman–Crippen LogP) is 6.12. The Bertz CT molecular complexity index is 874. The summed E-state index contributed by atoms with van der Waals surface area (Å²) in [5.41, 5.74) is 2.64. The first-order chi connectivity index (χ1) is 12.7. The van der Waals surface area contributed by atoms with Gasteiger partial charge in [0.25, 0.3) is 0 Å². The van der Waals surface area contributed by atoms with E-state index in [1.807, 2.05) is 49.4 Å². The van der Waals surface area contributed by atoms with Crippen molar-refractivity contribution >= 4 is 21.9 Å². The van der Waals surface area contributed by atoms with Gasteiger partial charge < -0.3 is 9.47 Å². The van der Waals surface area contributed by atoms with Crippen molar-refractivity contribution in [1.82, 2.24) is 0 Å². The zero-order valence-corrected chi connectivity index (χ0v) is 16.0. The number of carbonyl (C=O) groups excluding carboxylic acids is 1. The Balaban J connectivity index is 1.71. The maximum Gasteiger partial charge on any atom is 0.343 e. The summed E-state index contributed by atoms with van der Waals surface area (Å²) in [5.74, 6) is 0.831. The van der Waals surface area contributed by atoms with Crippen molar-refractivity contribution in [1.29, 1.82) is 0 Å². The van der Waals surface area contributed by atoms with E-state index in [0.717, 1.165) is 27.8 Å². The maximum atomic E-state index is 12.4. The van der Waals surface area contributed by atoms with Crippen LogP contribution in [0.4, 0.5) is 0 Å². The monoisotopic (exact) mass is 410 g/mol. The second-order valence-electron chi connectivity index (χ2n) is 5.77. The second kappa shape index (κ2) is 8.68. The van der Waals surface area contributed by atoms with Gasteiger partial charge in [-0.1, -0.05) is 43.3 Å². The number of esters is 1. The molecule has 3 aromatic rings. The van der Waals surface area contributed by atoms with Crippen molar-refractivity contribution < 1.29 is 14.3 Å². The van der Waals surface area contributed by atoms with Crippen molar-refractivity contribution in [2.24, 2.45) is 0 Å². The van der Waals surface area contributed by atoms with Crippen LogP contribution in [0, 0.1) is 0 Å². The number of benzene rings is 3. The molecule has 0 saturated carbocycles. The van der Waals surface area contributed by atoms with Crippen molar-refractivity contribution in [3.05, 3.63) is 82.8 Å². The summed E-state index contributed by atoms with van der Waals surface area (Å²) in [6.07, 6.45) is 0.941. The molecule has 0 heterocycles. The molecule has 3 nitrogen and oxygen atoms in total. The molecule has 0 radical (unpaired) electrons. The summed E-state index contributed by atoms with van der Waals surface area (Å²) >= 11 is 3.49. The van der Waals surface area contributed by atoms with Crippen LogP contribution in [0.1, 0.15) is 23.7 Å². The molecule has 0 aliphatic carbocycles. The van der Waals surface area contributed by atoms with Gasteiger partial charge in [-0.25, -0.2) is 4.79 Å². The summed E-state index contributed by atoms with van der Waals surface area (Å²) in [4.78, 5) is 12.4. The largest absolute Gasteiger partial charge is 0.494 e. The van der Waals surface area contributed by atoms with E-state index in [9.17, 15) is 4.79 Å².